The summed E-state index contributed by atoms with van der Waals surface area (Å²) in [6.45, 7) is 1.79. The number of hydrazine groups is 1. The summed E-state index contributed by atoms with van der Waals surface area (Å²) in [7, 11) is 5.68. The maximum absolute atomic E-state index is 12.1. The first-order valence-electron chi connectivity index (χ1n) is 6.90. The Balaban J connectivity index is 2.42. The molecule has 0 aliphatic carbocycles. The maximum Gasteiger partial charge on any atom is 0.273 e. The Kier molecular flexibility index (Phi) is 7.94. The molecule has 1 rings (SSSR count). The molecule has 0 heterocycles. The van der Waals surface area contributed by atoms with Crippen molar-refractivity contribution in [2.24, 2.45) is 0 Å². The molecule has 0 fully saturated rings. The van der Waals surface area contributed by atoms with Crippen LogP contribution < -0.4 is 25.8 Å². The second-order valence-corrected chi connectivity index (χ2v) is 5.83. The number of benzene rings is 1. The fraction of sp³-hybridized carbons (Fsp3) is 0.429. The van der Waals surface area contributed by atoms with E-state index in [1.54, 1.807) is 12.1 Å². The van der Waals surface area contributed by atoms with Gasteiger partial charge in [-0.1, -0.05) is 11.6 Å². The van der Waals surface area contributed by atoms with Crippen LogP contribution in [0.3, 0.4) is 0 Å². The van der Waals surface area contributed by atoms with E-state index in [2.05, 4.69) is 30.3 Å². The number of carbonyl (C=O) groups is 1. The molecule has 0 atom stereocenters. The third-order valence-corrected chi connectivity index (χ3v) is 3.32. The van der Waals surface area contributed by atoms with Crippen molar-refractivity contribution in [1.82, 2.24) is 16.2 Å². The molecule has 1 aromatic carbocycles. The van der Waals surface area contributed by atoms with Crippen LogP contribution in [0.4, 0.5) is 0 Å². The number of hydrogen-bond donors (Lipinski definition) is 4. The van der Waals surface area contributed by atoms with Gasteiger partial charge in [0, 0.05) is 18.0 Å². The van der Waals surface area contributed by atoms with Crippen LogP contribution in [0.2, 0.25) is 5.02 Å². The minimum Gasteiger partial charge on any atom is -0.496 e. The first-order chi connectivity index (χ1) is 10.4. The number of quaternary nitrogens is 1. The molecule has 0 unspecified atom stereocenters. The zero-order valence-corrected chi connectivity index (χ0v) is 14.5. The SMILES string of the molecule is COc1ccc(Cl)cc1C(=O)NNC(=S)NCCC[NH+](C)C. The topological polar surface area (TPSA) is 66.8 Å². The van der Waals surface area contributed by atoms with E-state index >= 15 is 0 Å². The highest BCUT2D eigenvalue weighted by Crippen LogP contribution is 2.22. The van der Waals surface area contributed by atoms with Gasteiger partial charge in [-0.2, -0.15) is 0 Å². The van der Waals surface area contributed by atoms with Gasteiger partial charge in [-0.25, -0.2) is 0 Å². The minimum atomic E-state index is -0.374. The molecule has 1 amide bonds. The van der Waals surface area contributed by atoms with Crippen LogP contribution in [0.1, 0.15) is 16.8 Å². The van der Waals surface area contributed by atoms with Crippen molar-refractivity contribution in [2.75, 3.05) is 34.3 Å². The van der Waals surface area contributed by atoms with E-state index in [1.807, 2.05) is 0 Å². The smallest absolute Gasteiger partial charge is 0.273 e. The molecule has 0 saturated heterocycles. The number of ether oxygens (including phenoxy) is 1. The van der Waals surface area contributed by atoms with E-state index < -0.39 is 0 Å². The van der Waals surface area contributed by atoms with Crippen molar-refractivity contribution in [2.45, 2.75) is 6.42 Å². The van der Waals surface area contributed by atoms with E-state index in [-0.39, 0.29) is 5.91 Å². The average Bonchev–Trinajstić information content (AvgIpc) is 2.49. The number of rotatable bonds is 6. The number of thiocarbonyl (C=S) groups is 1. The number of carbonyl (C=O) groups excluding carboxylic acids is 1. The Hall–Kier alpha value is -1.57. The summed E-state index contributed by atoms with van der Waals surface area (Å²) < 4.78 is 5.13. The van der Waals surface area contributed by atoms with Crippen molar-refractivity contribution in [3.05, 3.63) is 28.8 Å². The predicted molar refractivity (Wildman–Crippen MR) is 91.5 cm³/mol. The highest BCUT2D eigenvalue weighted by atomic mass is 35.5. The number of methoxy groups -OCH3 is 1. The van der Waals surface area contributed by atoms with Crippen LogP contribution >= 0.6 is 23.8 Å². The normalized spacial score (nSPS) is 10.2. The van der Waals surface area contributed by atoms with Crippen molar-refractivity contribution in [3.8, 4) is 5.75 Å². The Morgan fingerprint density at radius 3 is 2.73 bits per heavy atom. The third kappa shape index (κ3) is 6.46. The van der Waals surface area contributed by atoms with Crippen molar-refractivity contribution >= 4 is 34.8 Å². The molecule has 0 aliphatic heterocycles. The van der Waals surface area contributed by atoms with Crippen molar-refractivity contribution < 1.29 is 14.4 Å². The largest absolute Gasteiger partial charge is 0.496 e. The maximum atomic E-state index is 12.1. The van der Waals surface area contributed by atoms with Gasteiger partial charge in [0.15, 0.2) is 5.11 Å². The summed E-state index contributed by atoms with van der Waals surface area (Å²) in [5.41, 5.74) is 5.50. The average molecular weight is 346 g/mol. The molecule has 22 heavy (non-hydrogen) atoms. The standard InChI is InChI=1S/C14H21ClN4O2S/c1-19(2)8-4-7-16-14(22)18-17-13(20)11-9-10(15)5-6-12(11)21-3/h5-6,9H,4,7-8H2,1-3H3,(H,17,20)(H2,16,18,22)/p+1. The van der Waals surface area contributed by atoms with Crippen LogP contribution in [0, 0.1) is 0 Å². The van der Waals surface area contributed by atoms with E-state index in [0.29, 0.717) is 21.4 Å². The number of hydrogen-bond acceptors (Lipinski definition) is 3. The lowest BCUT2D eigenvalue weighted by Gasteiger charge is -2.13. The summed E-state index contributed by atoms with van der Waals surface area (Å²) in [5, 5.41) is 3.84. The van der Waals surface area contributed by atoms with Gasteiger partial charge in [0.1, 0.15) is 5.75 Å². The second kappa shape index (κ2) is 9.45. The molecule has 0 saturated carbocycles. The molecule has 0 spiro atoms. The lowest BCUT2D eigenvalue weighted by atomic mass is 10.2. The molecule has 4 N–H and O–H groups in total. The number of amides is 1. The molecular weight excluding hydrogens is 324 g/mol. The van der Waals surface area contributed by atoms with Gasteiger partial charge in [0.25, 0.3) is 5.91 Å². The monoisotopic (exact) mass is 345 g/mol. The molecule has 122 valence electrons. The third-order valence-electron chi connectivity index (χ3n) is 2.83. The van der Waals surface area contributed by atoms with Crippen LogP contribution in [-0.2, 0) is 0 Å². The molecule has 0 radical (unpaired) electrons. The molecular formula is C14H22ClN4O2S+. The fourth-order valence-electron chi connectivity index (χ4n) is 1.73. The molecule has 8 heteroatoms. The van der Waals surface area contributed by atoms with Gasteiger partial charge in [0.05, 0.1) is 33.3 Å². The number of halogens is 1. The van der Waals surface area contributed by atoms with Crippen LogP contribution in [-0.4, -0.2) is 45.3 Å². The summed E-state index contributed by atoms with van der Waals surface area (Å²) in [4.78, 5) is 13.5. The first kappa shape index (κ1) is 18.5. The number of nitrogens with one attached hydrogen (secondary N) is 4. The van der Waals surface area contributed by atoms with Crippen molar-refractivity contribution in [1.29, 1.82) is 0 Å². The minimum absolute atomic E-state index is 0.335. The Morgan fingerprint density at radius 1 is 1.36 bits per heavy atom. The van der Waals surface area contributed by atoms with E-state index in [1.165, 1.54) is 18.1 Å². The second-order valence-electron chi connectivity index (χ2n) is 4.99. The Bertz CT molecular complexity index is 526. The van der Waals surface area contributed by atoms with Crippen LogP contribution in [0.15, 0.2) is 18.2 Å². The van der Waals surface area contributed by atoms with E-state index in [0.717, 1.165) is 19.5 Å². The zero-order chi connectivity index (χ0) is 16.5. The van der Waals surface area contributed by atoms with Gasteiger partial charge < -0.3 is 15.0 Å². The predicted octanol–water partition coefficient (Wildman–Crippen LogP) is -0.00790. The quantitative estimate of drug-likeness (QED) is 0.332. The van der Waals surface area contributed by atoms with Crippen LogP contribution in [0.25, 0.3) is 0 Å². The molecule has 6 nitrogen and oxygen atoms in total. The van der Waals surface area contributed by atoms with Crippen LogP contribution in [0.5, 0.6) is 5.75 Å². The first-order valence-corrected chi connectivity index (χ1v) is 7.69. The summed E-state index contributed by atoms with van der Waals surface area (Å²) in [6.07, 6.45) is 0.986. The Morgan fingerprint density at radius 2 is 2.09 bits per heavy atom. The summed E-state index contributed by atoms with van der Waals surface area (Å²) in [5.74, 6) is 0.0674. The van der Waals surface area contributed by atoms with Crippen molar-refractivity contribution in [3.63, 3.8) is 0 Å². The molecule has 0 aromatic heterocycles. The molecule has 1 aromatic rings. The van der Waals surface area contributed by atoms with Gasteiger partial charge in [-0.05, 0) is 30.4 Å². The fourth-order valence-corrected chi connectivity index (χ4v) is 2.05. The zero-order valence-electron chi connectivity index (χ0n) is 13.0. The van der Waals surface area contributed by atoms with Gasteiger partial charge in [0.2, 0.25) is 0 Å². The van der Waals surface area contributed by atoms with Gasteiger partial charge >= 0.3 is 0 Å². The molecule has 0 bridgehead atoms. The van der Waals surface area contributed by atoms with E-state index in [4.69, 9.17) is 28.6 Å². The Labute approximate surface area is 141 Å². The lowest BCUT2D eigenvalue weighted by molar-refractivity contribution is -0.858. The van der Waals surface area contributed by atoms with Gasteiger partial charge in [-0.3, -0.25) is 15.6 Å². The highest BCUT2D eigenvalue weighted by Gasteiger charge is 2.12. The lowest BCUT2D eigenvalue weighted by Crippen LogP contribution is -3.05. The highest BCUT2D eigenvalue weighted by molar-refractivity contribution is 7.80. The van der Waals surface area contributed by atoms with Gasteiger partial charge in [-0.15, -0.1) is 0 Å². The summed E-state index contributed by atoms with van der Waals surface area (Å²) >= 11 is 11.0. The van der Waals surface area contributed by atoms with E-state index in [9.17, 15) is 4.79 Å². The molecule has 0 aliphatic rings. The summed E-state index contributed by atoms with van der Waals surface area (Å²) in [6, 6.07) is 4.83.